The zero-order valence-corrected chi connectivity index (χ0v) is 24.2. The van der Waals surface area contributed by atoms with Crippen molar-refractivity contribution in [3.05, 3.63) is 0 Å². The second-order valence-electron chi connectivity index (χ2n) is 9.99. The summed E-state index contributed by atoms with van der Waals surface area (Å²) in [5, 5.41) is 22.7. The SMILES string of the molecule is CNC(CCC(C)=O)C(=O)NC(CCCO)C(=O)NCCCCC(CC(C)=O)NC(=O)C(CCC(C)=O)NC=O. The summed E-state index contributed by atoms with van der Waals surface area (Å²) >= 11 is 0. The molecule has 0 aliphatic carbocycles. The van der Waals surface area contributed by atoms with Crippen molar-refractivity contribution in [3.63, 3.8) is 0 Å². The van der Waals surface area contributed by atoms with Crippen molar-refractivity contribution in [2.24, 2.45) is 0 Å². The van der Waals surface area contributed by atoms with Crippen LogP contribution in [0.3, 0.4) is 0 Å². The van der Waals surface area contributed by atoms with E-state index >= 15 is 0 Å². The molecule has 4 atom stereocenters. The third kappa shape index (κ3) is 17.4. The molecule has 228 valence electrons. The van der Waals surface area contributed by atoms with Crippen LogP contribution in [0.4, 0.5) is 0 Å². The summed E-state index contributed by atoms with van der Waals surface area (Å²) in [5.41, 5.74) is 0. The van der Waals surface area contributed by atoms with Gasteiger partial charge in [0.15, 0.2) is 0 Å². The second-order valence-corrected chi connectivity index (χ2v) is 9.99. The fraction of sp³-hybridized carbons (Fsp3) is 0.741. The minimum Gasteiger partial charge on any atom is -0.396 e. The molecule has 0 aliphatic heterocycles. The van der Waals surface area contributed by atoms with Crippen molar-refractivity contribution in [2.75, 3.05) is 20.2 Å². The summed E-state index contributed by atoms with van der Waals surface area (Å²) in [6.07, 6.45) is 3.41. The standard InChI is InChI=1S/C27H47N5O8/c1-18(35)10-12-22(28-4)26(39)32-24(9-7-15-33)25(38)29-14-6-5-8-21(16-20(3)37)31-27(40)23(30-17-34)13-11-19(2)36/h17,21-24,28,33H,5-16H2,1-4H3,(H,29,38)(H,30,34)(H,31,40)(H,32,39). The number of carbonyl (C=O) groups excluding carboxylic acids is 7. The predicted octanol–water partition coefficient (Wildman–Crippen LogP) is -0.565. The number of ketones is 3. The van der Waals surface area contributed by atoms with E-state index in [1.165, 1.54) is 20.8 Å². The van der Waals surface area contributed by atoms with E-state index in [2.05, 4.69) is 26.6 Å². The Kier molecular flexibility index (Phi) is 19.9. The molecular formula is C27H47N5O8. The van der Waals surface area contributed by atoms with Gasteiger partial charge in [-0.15, -0.1) is 0 Å². The van der Waals surface area contributed by atoms with Crippen LogP contribution < -0.4 is 26.6 Å². The number of aliphatic hydroxyl groups is 1. The zero-order chi connectivity index (χ0) is 30.5. The lowest BCUT2D eigenvalue weighted by atomic mass is 10.0. The summed E-state index contributed by atoms with van der Waals surface area (Å²) in [5.74, 6) is -1.55. The third-order valence-electron chi connectivity index (χ3n) is 6.26. The molecule has 0 saturated carbocycles. The van der Waals surface area contributed by atoms with Crippen LogP contribution in [0.15, 0.2) is 0 Å². The van der Waals surface area contributed by atoms with Gasteiger partial charge in [0, 0.05) is 38.5 Å². The molecule has 0 aliphatic rings. The molecule has 4 unspecified atom stereocenters. The Bertz CT molecular complexity index is 851. The number of likely N-dealkylation sites (N-methyl/N-ethyl adjacent to an activating group) is 1. The highest BCUT2D eigenvalue weighted by Gasteiger charge is 2.25. The average Bonchev–Trinajstić information content (AvgIpc) is 2.88. The predicted molar refractivity (Wildman–Crippen MR) is 148 cm³/mol. The van der Waals surface area contributed by atoms with E-state index in [0.717, 1.165) is 0 Å². The van der Waals surface area contributed by atoms with Gasteiger partial charge in [0.25, 0.3) is 0 Å². The molecule has 0 heterocycles. The van der Waals surface area contributed by atoms with Crippen molar-refractivity contribution in [1.82, 2.24) is 26.6 Å². The number of unbranched alkanes of at least 4 members (excludes halogenated alkanes) is 1. The third-order valence-corrected chi connectivity index (χ3v) is 6.26. The van der Waals surface area contributed by atoms with Gasteiger partial charge in [-0.25, -0.2) is 0 Å². The number of hydrogen-bond donors (Lipinski definition) is 6. The minimum absolute atomic E-state index is 0.0434. The van der Waals surface area contributed by atoms with E-state index in [1.54, 1.807) is 7.05 Å². The highest BCUT2D eigenvalue weighted by atomic mass is 16.3. The molecule has 6 N–H and O–H groups in total. The Labute approximate surface area is 236 Å². The molecule has 40 heavy (non-hydrogen) atoms. The number of amides is 4. The lowest BCUT2D eigenvalue weighted by molar-refractivity contribution is -0.130. The van der Waals surface area contributed by atoms with Crippen LogP contribution in [0.5, 0.6) is 0 Å². The first-order valence-electron chi connectivity index (χ1n) is 13.8. The first-order valence-corrected chi connectivity index (χ1v) is 13.8. The molecule has 13 heteroatoms. The van der Waals surface area contributed by atoms with Gasteiger partial charge >= 0.3 is 0 Å². The van der Waals surface area contributed by atoms with Crippen LogP contribution in [-0.2, 0) is 33.6 Å². The van der Waals surface area contributed by atoms with E-state index < -0.39 is 41.9 Å². The Hall–Kier alpha value is -3.19. The van der Waals surface area contributed by atoms with Crippen molar-refractivity contribution in [3.8, 4) is 0 Å². The van der Waals surface area contributed by atoms with E-state index in [1.807, 2.05) is 0 Å². The van der Waals surface area contributed by atoms with Gasteiger partial charge in [0.1, 0.15) is 29.4 Å². The monoisotopic (exact) mass is 569 g/mol. The molecule has 0 aromatic carbocycles. The van der Waals surface area contributed by atoms with Gasteiger partial charge in [-0.2, -0.15) is 0 Å². The maximum Gasteiger partial charge on any atom is 0.242 e. The largest absolute Gasteiger partial charge is 0.396 e. The fourth-order valence-electron chi connectivity index (χ4n) is 4.04. The van der Waals surface area contributed by atoms with Crippen LogP contribution in [0.1, 0.15) is 85.0 Å². The molecule has 0 rings (SSSR count). The maximum atomic E-state index is 12.8. The topological polar surface area (TPSA) is 200 Å². The lowest BCUT2D eigenvalue weighted by Gasteiger charge is -2.23. The van der Waals surface area contributed by atoms with Crippen LogP contribution in [0.25, 0.3) is 0 Å². The van der Waals surface area contributed by atoms with Crippen LogP contribution in [-0.4, -0.2) is 91.0 Å². The summed E-state index contributed by atoms with van der Waals surface area (Å²) in [6, 6.07) is -2.84. The van der Waals surface area contributed by atoms with Gasteiger partial charge in [0.2, 0.25) is 24.1 Å². The second kappa shape index (κ2) is 21.6. The van der Waals surface area contributed by atoms with E-state index in [-0.39, 0.29) is 56.1 Å². The zero-order valence-electron chi connectivity index (χ0n) is 24.2. The molecule has 4 amide bonds. The average molecular weight is 570 g/mol. The number of hydrogen-bond acceptors (Lipinski definition) is 9. The molecule has 0 spiro atoms. The number of Topliss-reactive ketones (excluding diaryl/α,β-unsaturated/α-hetero) is 3. The molecule has 0 aromatic heterocycles. The van der Waals surface area contributed by atoms with Gasteiger partial charge in [-0.3, -0.25) is 24.0 Å². The van der Waals surface area contributed by atoms with Gasteiger partial charge < -0.3 is 41.3 Å². The van der Waals surface area contributed by atoms with Crippen molar-refractivity contribution < 1.29 is 38.7 Å². The first kappa shape index (κ1) is 36.8. The number of carbonyl (C=O) groups is 7. The quantitative estimate of drug-likeness (QED) is 0.0651. The summed E-state index contributed by atoms with van der Waals surface area (Å²) < 4.78 is 0. The van der Waals surface area contributed by atoms with Crippen LogP contribution in [0, 0.1) is 0 Å². The van der Waals surface area contributed by atoms with E-state index in [4.69, 9.17) is 0 Å². The van der Waals surface area contributed by atoms with Crippen molar-refractivity contribution in [2.45, 2.75) is 109 Å². The summed E-state index contributed by atoms with van der Waals surface area (Å²) in [6.45, 7) is 4.40. The molecule has 0 radical (unpaired) electrons. The van der Waals surface area contributed by atoms with Crippen LogP contribution >= 0.6 is 0 Å². The number of aliphatic hydroxyl groups excluding tert-OH is 1. The molecule has 13 nitrogen and oxygen atoms in total. The molecule has 0 saturated heterocycles. The van der Waals surface area contributed by atoms with Crippen LogP contribution in [0.2, 0.25) is 0 Å². The highest BCUT2D eigenvalue weighted by molar-refractivity contribution is 5.90. The fourth-order valence-corrected chi connectivity index (χ4v) is 4.04. The summed E-state index contributed by atoms with van der Waals surface area (Å²) in [4.78, 5) is 83.1. The highest BCUT2D eigenvalue weighted by Crippen LogP contribution is 2.08. The molecule has 0 fully saturated rings. The molecule has 0 aromatic rings. The van der Waals surface area contributed by atoms with Gasteiger partial charge in [-0.1, -0.05) is 0 Å². The van der Waals surface area contributed by atoms with Gasteiger partial charge in [0.05, 0.1) is 6.04 Å². The Balaban J connectivity index is 4.89. The Morgan fingerprint density at radius 2 is 1.30 bits per heavy atom. The van der Waals surface area contributed by atoms with Crippen molar-refractivity contribution >= 4 is 41.5 Å². The normalized spacial score (nSPS) is 13.7. The molecule has 0 bridgehead atoms. The maximum absolute atomic E-state index is 12.8. The Morgan fingerprint density at radius 1 is 0.700 bits per heavy atom. The number of nitrogens with one attached hydrogen (secondary N) is 5. The smallest absolute Gasteiger partial charge is 0.242 e. The summed E-state index contributed by atoms with van der Waals surface area (Å²) in [7, 11) is 1.60. The van der Waals surface area contributed by atoms with E-state index in [0.29, 0.717) is 45.1 Å². The van der Waals surface area contributed by atoms with Crippen molar-refractivity contribution in [1.29, 1.82) is 0 Å². The minimum atomic E-state index is -0.883. The van der Waals surface area contributed by atoms with Gasteiger partial charge in [-0.05, 0) is 72.8 Å². The molecular weight excluding hydrogens is 522 g/mol. The number of rotatable bonds is 24. The first-order chi connectivity index (χ1) is 18.9. The lowest BCUT2D eigenvalue weighted by Crippen LogP contribution is -2.52. The Morgan fingerprint density at radius 3 is 1.82 bits per heavy atom. The van der Waals surface area contributed by atoms with E-state index in [9.17, 15) is 38.7 Å².